The maximum Gasteiger partial charge on any atom is 0.494 e. The van der Waals surface area contributed by atoms with Crippen LogP contribution in [0.5, 0.6) is 11.5 Å². The van der Waals surface area contributed by atoms with Gasteiger partial charge in [-0.25, -0.2) is 0 Å². The Hall–Kier alpha value is -8.53. The molecule has 8 aromatic rings. The summed E-state index contributed by atoms with van der Waals surface area (Å²) in [5.41, 5.74) is 8.07. The number of anilines is 4. The molecule has 0 saturated carbocycles. The van der Waals surface area contributed by atoms with E-state index in [0.29, 0.717) is 96.9 Å². The Kier molecular flexibility index (Phi) is 21.7. The molecule has 0 aliphatic carbocycles. The van der Waals surface area contributed by atoms with Crippen LogP contribution in [0.1, 0.15) is 66.6 Å². The van der Waals surface area contributed by atoms with E-state index in [1.165, 1.54) is 12.1 Å². The van der Waals surface area contributed by atoms with Gasteiger partial charge in [0.25, 0.3) is 23.2 Å². The van der Waals surface area contributed by atoms with Gasteiger partial charge >= 0.3 is 7.12 Å². The van der Waals surface area contributed by atoms with Crippen LogP contribution in [0.3, 0.4) is 0 Å². The van der Waals surface area contributed by atoms with Crippen LogP contribution in [-0.4, -0.2) is 91.3 Å². The van der Waals surface area contributed by atoms with Crippen molar-refractivity contribution in [2.45, 2.75) is 76.9 Å². The van der Waals surface area contributed by atoms with Crippen molar-refractivity contribution in [3.63, 3.8) is 0 Å². The molecule has 0 bridgehead atoms. The SMILES string of the molecule is CNc1cc(B2OC(C)(C)C(C)(C)O2)ccc1[N+](=O)[O-].CNc1cc(C2=NC(Cc3ccc(Cl)cc3)C(=O)N(Cc3ccc(OC)cc3)c3ccc(Cl)cc32)ccc1[N+](=O)[O-].COc1ccc(CN2C(=O)C(Cc3ccc(Cl)cc3)N=C(Cl)c3cc(Cl)ccc32)cc1. The van der Waals surface area contributed by atoms with Crippen molar-refractivity contribution < 1.29 is 38.2 Å². The van der Waals surface area contributed by atoms with Crippen LogP contribution in [0.2, 0.25) is 20.1 Å². The Morgan fingerprint density at radius 2 is 0.924 bits per heavy atom. The van der Waals surface area contributed by atoms with Crippen molar-refractivity contribution in [2.24, 2.45) is 9.98 Å². The molecular weight excluding hydrogens is 1280 g/mol. The van der Waals surface area contributed by atoms with Crippen LogP contribution < -0.4 is 35.4 Å². The summed E-state index contributed by atoms with van der Waals surface area (Å²) in [5, 5.41) is 30.7. The van der Waals surface area contributed by atoms with Gasteiger partial charge in [-0.2, -0.15) is 0 Å². The molecule has 0 aromatic heterocycles. The van der Waals surface area contributed by atoms with E-state index in [1.54, 1.807) is 111 Å². The van der Waals surface area contributed by atoms with E-state index >= 15 is 0 Å². The highest BCUT2D eigenvalue weighted by Gasteiger charge is 2.52. The molecule has 8 aromatic carbocycles. The largest absolute Gasteiger partial charge is 0.497 e. The molecule has 1 fully saturated rings. The number of benzodiazepines with no additional fused rings is 2. The van der Waals surface area contributed by atoms with Crippen molar-refractivity contribution in [3.8, 4) is 11.5 Å². The lowest BCUT2D eigenvalue weighted by molar-refractivity contribution is -0.384. The zero-order valence-electron chi connectivity index (χ0n) is 51.4. The van der Waals surface area contributed by atoms with Gasteiger partial charge in [0.15, 0.2) is 0 Å². The van der Waals surface area contributed by atoms with Crippen LogP contribution in [0.4, 0.5) is 34.1 Å². The molecule has 474 valence electrons. The second kappa shape index (κ2) is 29.4. The number of hydrogen-bond donors (Lipinski definition) is 2. The number of ether oxygens (including phenoxy) is 2. The molecule has 11 rings (SSSR count). The molecule has 2 atom stereocenters. The Bertz CT molecular complexity index is 4090. The number of nitrogens with zero attached hydrogens (tertiary/aromatic N) is 6. The smallest absolute Gasteiger partial charge is 0.494 e. The van der Waals surface area contributed by atoms with Crippen molar-refractivity contribution in [3.05, 3.63) is 249 Å². The average Bonchev–Trinajstić information content (AvgIpc) is 1.60. The number of carbonyl (C=O) groups excluding carboxylic acids is 2. The first-order valence-electron chi connectivity index (χ1n) is 29.0. The minimum absolute atomic E-state index is 0.0350. The number of hydrogen-bond acceptors (Lipinski definition) is 14. The van der Waals surface area contributed by atoms with Gasteiger partial charge in [0.2, 0.25) is 0 Å². The standard InChI is InChI=1S/C31H26Cl2N4O4.C24H19Cl3N2O2.C13H19BN2O4/c1-34-26-16-21(7-13-29(26)37(39)40)30-25-17-23(33)10-14-28(25)36(18-20-5-11-24(41-2)12-6-20)31(38)27(35-30)15-19-3-8-22(32)9-4-19;1-31-19-9-4-16(5-10-19)14-29-22-11-8-18(26)13-20(22)23(27)28-21(24(29)30)12-15-2-6-17(25)7-3-15;1-12(2)13(3,4)20-14(19-12)9-6-7-11(16(17)18)10(8-9)15-5/h3-14,16-17,27,34H,15,18H2,1-2H3;2-11,13,21H,12,14H2,1H3;6-8,15H,1-5H3. The molecule has 3 heterocycles. The quantitative estimate of drug-likeness (QED) is 0.0525. The number of halogens is 5. The highest BCUT2D eigenvalue weighted by molar-refractivity contribution is 6.70. The first-order valence-corrected chi connectivity index (χ1v) is 30.8. The number of benzene rings is 8. The van der Waals surface area contributed by atoms with E-state index < -0.39 is 40.3 Å². The number of nitro benzene ring substituents is 2. The molecule has 2 N–H and O–H groups in total. The number of nitro groups is 2. The first-order chi connectivity index (χ1) is 43.9. The summed E-state index contributed by atoms with van der Waals surface area (Å²) in [6.07, 6.45) is 0.735. The number of methoxy groups -OCH3 is 2. The number of carbonyl (C=O) groups is 2. The Morgan fingerprint density at radius 1 is 0.522 bits per heavy atom. The van der Waals surface area contributed by atoms with Gasteiger partial charge in [-0.05, 0) is 159 Å². The number of nitrogens with one attached hydrogen (secondary N) is 2. The summed E-state index contributed by atoms with van der Waals surface area (Å²) in [7, 11) is 5.97. The van der Waals surface area contributed by atoms with Crippen LogP contribution in [0, 0.1) is 20.2 Å². The van der Waals surface area contributed by atoms with Gasteiger partial charge in [-0.1, -0.05) is 113 Å². The van der Waals surface area contributed by atoms with Gasteiger partial charge in [0.1, 0.15) is 40.1 Å². The van der Waals surface area contributed by atoms with Gasteiger partial charge in [-0.3, -0.25) is 39.8 Å². The molecule has 0 spiro atoms. The third-order valence-corrected chi connectivity index (χ3v) is 17.3. The predicted octanol–water partition coefficient (Wildman–Crippen LogP) is 15.0. The maximum absolute atomic E-state index is 14.3. The molecular formula is C68H64BCl5N8O10. The molecule has 3 aliphatic heterocycles. The molecule has 18 nitrogen and oxygen atoms in total. The van der Waals surface area contributed by atoms with Crippen molar-refractivity contribution >= 4 is 127 Å². The summed E-state index contributed by atoms with van der Waals surface area (Å²) < 4.78 is 22.4. The zero-order chi connectivity index (χ0) is 66.2. The zero-order valence-corrected chi connectivity index (χ0v) is 55.2. The lowest BCUT2D eigenvalue weighted by Gasteiger charge is -2.32. The van der Waals surface area contributed by atoms with Crippen LogP contribution in [0.15, 0.2) is 180 Å². The molecule has 2 amide bonds. The van der Waals surface area contributed by atoms with Crippen molar-refractivity contribution in [2.75, 3.05) is 48.7 Å². The van der Waals surface area contributed by atoms with Gasteiger partial charge < -0.3 is 39.2 Å². The molecule has 0 radical (unpaired) electrons. The Labute approximate surface area is 558 Å². The number of fused-ring (bicyclic) bond motifs is 2. The summed E-state index contributed by atoms with van der Waals surface area (Å²) >= 11 is 31.4. The van der Waals surface area contributed by atoms with E-state index in [-0.39, 0.29) is 28.4 Å². The Balaban J connectivity index is 0.000000173. The van der Waals surface area contributed by atoms with Gasteiger partial charge in [0.05, 0.1) is 65.4 Å². The molecule has 1 saturated heterocycles. The van der Waals surface area contributed by atoms with E-state index in [1.807, 2.05) is 113 Å². The minimum Gasteiger partial charge on any atom is -0.497 e. The van der Waals surface area contributed by atoms with Crippen molar-refractivity contribution in [1.29, 1.82) is 0 Å². The van der Waals surface area contributed by atoms with E-state index in [9.17, 15) is 29.8 Å². The van der Waals surface area contributed by atoms with E-state index in [0.717, 1.165) is 33.5 Å². The maximum atomic E-state index is 14.3. The lowest BCUT2D eigenvalue weighted by Crippen LogP contribution is -2.41. The molecule has 2 unspecified atom stereocenters. The highest BCUT2D eigenvalue weighted by atomic mass is 35.5. The second-order valence-electron chi connectivity index (χ2n) is 22.6. The van der Waals surface area contributed by atoms with Crippen LogP contribution >= 0.6 is 58.0 Å². The Morgan fingerprint density at radius 3 is 1.37 bits per heavy atom. The fourth-order valence-electron chi connectivity index (χ4n) is 10.4. The number of aliphatic imine (C=N–C) groups is 2. The number of amides is 2. The highest BCUT2D eigenvalue weighted by Crippen LogP contribution is 2.39. The third-order valence-electron chi connectivity index (χ3n) is 16.1. The van der Waals surface area contributed by atoms with Crippen LogP contribution in [0.25, 0.3) is 0 Å². The normalized spacial score (nSPS) is 16.2. The fraction of sp³-hybridized carbons (Fsp3) is 0.235. The predicted molar refractivity (Wildman–Crippen MR) is 368 cm³/mol. The summed E-state index contributed by atoms with van der Waals surface area (Å²) in [6.45, 7) is 8.54. The first kappa shape index (κ1) is 67.9. The summed E-state index contributed by atoms with van der Waals surface area (Å²) in [4.78, 5) is 62.5. The van der Waals surface area contributed by atoms with Gasteiger partial charge in [-0.15, -0.1) is 0 Å². The summed E-state index contributed by atoms with van der Waals surface area (Å²) in [6, 6.07) is 48.6. The lowest BCUT2D eigenvalue weighted by atomic mass is 9.79. The third kappa shape index (κ3) is 15.8. The minimum atomic E-state index is -0.788. The second-order valence-corrected chi connectivity index (χ2v) is 24.7. The fourth-order valence-corrected chi connectivity index (χ4v) is 11.3. The average molecular weight is 1340 g/mol. The van der Waals surface area contributed by atoms with Crippen LogP contribution in [-0.2, 0) is 44.8 Å². The summed E-state index contributed by atoms with van der Waals surface area (Å²) in [5.74, 6) is 1.15. The van der Waals surface area contributed by atoms with E-state index in [2.05, 4.69) is 15.6 Å². The van der Waals surface area contributed by atoms with Gasteiger partial charge in [0, 0.05) is 75.9 Å². The van der Waals surface area contributed by atoms with Crippen molar-refractivity contribution in [1.82, 2.24) is 0 Å². The monoisotopic (exact) mass is 1340 g/mol. The molecule has 24 heteroatoms. The topological polar surface area (TPSA) is 213 Å². The number of rotatable bonds is 16. The molecule has 3 aliphatic rings. The van der Waals surface area contributed by atoms with E-state index in [4.69, 9.17) is 81.8 Å². The molecule has 92 heavy (non-hydrogen) atoms.